The lowest BCUT2D eigenvalue weighted by molar-refractivity contribution is -0.134. The van der Waals surface area contributed by atoms with Crippen LogP contribution in [0, 0.1) is 19.8 Å². The van der Waals surface area contributed by atoms with Crippen LogP contribution in [0.2, 0.25) is 0 Å². The van der Waals surface area contributed by atoms with Gasteiger partial charge in [-0.15, -0.1) is 0 Å². The molecule has 3 aromatic rings. The predicted molar refractivity (Wildman–Crippen MR) is 149 cm³/mol. The summed E-state index contributed by atoms with van der Waals surface area (Å²) < 4.78 is 5.48. The van der Waals surface area contributed by atoms with Crippen molar-refractivity contribution in [2.75, 3.05) is 26.7 Å². The lowest BCUT2D eigenvalue weighted by Gasteiger charge is -2.33. The highest BCUT2D eigenvalue weighted by molar-refractivity contribution is 6.04. The molecule has 2 aliphatic heterocycles. The number of carbonyl (C=O) groups is 1. The van der Waals surface area contributed by atoms with E-state index in [9.17, 15) is 4.79 Å². The Labute approximate surface area is 220 Å². The van der Waals surface area contributed by atoms with Crippen LogP contribution < -0.4 is 4.74 Å². The fourth-order valence-electron chi connectivity index (χ4n) is 5.62. The van der Waals surface area contributed by atoms with Crippen molar-refractivity contribution < 1.29 is 9.53 Å². The fraction of sp³-hybridized carbons (Fsp3) is 0.375. The van der Waals surface area contributed by atoms with Crippen molar-refractivity contribution >= 4 is 11.6 Å². The van der Waals surface area contributed by atoms with E-state index in [2.05, 4.69) is 73.3 Å². The Hall–Kier alpha value is -3.44. The maximum Gasteiger partial charge on any atom is 0.257 e. The molecule has 192 valence electrons. The second-order valence-corrected chi connectivity index (χ2v) is 10.5. The molecule has 0 N–H and O–H groups in total. The van der Waals surface area contributed by atoms with Crippen molar-refractivity contribution in [2.45, 2.75) is 45.6 Å². The molecule has 0 aromatic heterocycles. The van der Waals surface area contributed by atoms with E-state index in [0.717, 1.165) is 54.9 Å². The minimum absolute atomic E-state index is 0.0645. The van der Waals surface area contributed by atoms with Crippen LogP contribution in [0.5, 0.6) is 5.75 Å². The van der Waals surface area contributed by atoms with Gasteiger partial charge in [-0.1, -0.05) is 60.2 Å². The highest BCUT2D eigenvalue weighted by Gasteiger charge is 2.35. The molecule has 0 bridgehead atoms. The van der Waals surface area contributed by atoms with E-state index in [1.165, 1.54) is 16.7 Å². The van der Waals surface area contributed by atoms with Gasteiger partial charge in [0.1, 0.15) is 5.75 Å². The van der Waals surface area contributed by atoms with Crippen molar-refractivity contribution in [1.29, 1.82) is 0 Å². The van der Waals surface area contributed by atoms with E-state index >= 15 is 0 Å². The Morgan fingerprint density at radius 1 is 0.973 bits per heavy atom. The molecule has 1 unspecified atom stereocenters. The molecule has 1 amide bonds. The standard InChI is InChI=1S/C32H37N3O2/c1-23-12-13-24(2)29(18-23)30-21-31(27-10-7-11-28(20-27)37-3)35(33-30)32(36)22-34-16-14-26(15-17-34)19-25-8-5-4-6-9-25/h4-13,18,20,26,31H,14-17,19,21-22H2,1-3H3. The lowest BCUT2D eigenvalue weighted by Crippen LogP contribution is -2.42. The predicted octanol–water partition coefficient (Wildman–Crippen LogP) is 5.94. The van der Waals surface area contributed by atoms with Crippen molar-refractivity contribution in [3.63, 3.8) is 0 Å². The average Bonchev–Trinajstić information content (AvgIpc) is 3.37. The quantitative estimate of drug-likeness (QED) is 0.407. The van der Waals surface area contributed by atoms with Gasteiger partial charge in [0.05, 0.1) is 25.4 Å². The van der Waals surface area contributed by atoms with Gasteiger partial charge in [-0.2, -0.15) is 5.10 Å². The summed E-state index contributed by atoms with van der Waals surface area (Å²) in [5.74, 6) is 1.54. The highest BCUT2D eigenvalue weighted by atomic mass is 16.5. The van der Waals surface area contributed by atoms with Crippen LogP contribution in [-0.4, -0.2) is 48.3 Å². The van der Waals surface area contributed by atoms with Crippen molar-refractivity contribution in [3.05, 3.63) is 101 Å². The van der Waals surface area contributed by atoms with E-state index < -0.39 is 0 Å². The summed E-state index contributed by atoms with van der Waals surface area (Å²) in [5, 5.41) is 6.68. The molecule has 0 spiro atoms. The smallest absolute Gasteiger partial charge is 0.257 e. The van der Waals surface area contributed by atoms with Gasteiger partial charge >= 0.3 is 0 Å². The lowest BCUT2D eigenvalue weighted by atomic mass is 9.90. The van der Waals surface area contributed by atoms with Gasteiger partial charge in [0.25, 0.3) is 5.91 Å². The first-order chi connectivity index (χ1) is 18.0. The number of amides is 1. The molecule has 0 aliphatic carbocycles. The minimum atomic E-state index is -0.131. The van der Waals surface area contributed by atoms with E-state index in [4.69, 9.17) is 9.84 Å². The summed E-state index contributed by atoms with van der Waals surface area (Å²) in [6.45, 7) is 6.52. The van der Waals surface area contributed by atoms with Crippen LogP contribution in [0.15, 0.2) is 77.9 Å². The molecule has 1 fully saturated rings. The third kappa shape index (κ3) is 5.94. The summed E-state index contributed by atoms with van der Waals surface area (Å²) in [6.07, 6.45) is 4.06. The van der Waals surface area contributed by atoms with Crippen LogP contribution in [-0.2, 0) is 11.2 Å². The second kappa shape index (κ2) is 11.3. The molecule has 0 radical (unpaired) electrons. The van der Waals surface area contributed by atoms with E-state index in [0.29, 0.717) is 18.9 Å². The van der Waals surface area contributed by atoms with Gasteiger partial charge in [-0.3, -0.25) is 9.69 Å². The number of methoxy groups -OCH3 is 1. The summed E-state index contributed by atoms with van der Waals surface area (Å²) in [4.78, 5) is 16.0. The summed E-state index contributed by atoms with van der Waals surface area (Å²) in [5.41, 5.74) is 6.95. The number of hydrazone groups is 1. The number of carbonyl (C=O) groups excluding carboxylic acids is 1. The molecule has 2 heterocycles. The van der Waals surface area contributed by atoms with Crippen LogP contribution in [0.4, 0.5) is 0 Å². The number of aryl methyl sites for hydroxylation is 2. The molecule has 0 saturated carbocycles. The first kappa shape index (κ1) is 25.2. The Morgan fingerprint density at radius 2 is 1.76 bits per heavy atom. The Balaban J connectivity index is 1.31. The minimum Gasteiger partial charge on any atom is -0.497 e. The molecule has 1 saturated heterocycles. The number of ether oxygens (including phenoxy) is 1. The number of nitrogens with zero attached hydrogens (tertiary/aromatic N) is 3. The van der Waals surface area contributed by atoms with Crippen molar-refractivity contribution in [1.82, 2.24) is 9.91 Å². The van der Waals surface area contributed by atoms with Crippen LogP contribution >= 0.6 is 0 Å². The molecular weight excluding hydrogens is 458 g/mol. The van der Waals surface area contributed by atoms with Crippen LogP contribution in [0.25, 0.3) is 0 Å². The molecular formula is C32H37N3O2. The van der Waals surface area contributed by atoms with Gasteiger partial charge in [-0.25, -0.2) is 5.01 Å². The maximum atomic E-state index is 13.7. The molecule has 5 rings (SSSR count). The summed E-state index contributed by atoms with van der Waals surface area (Å²) >= 11 is 0. The molecule has 3 aromatic carbocycles. The number of benzene rings is 3. The monoisotopic (exact) mass is 495 g/mol. The molecule has 1 atom stereocenters. The number of likely N-dealkylation sites (tertiary alicyclic amines) is 1. The maximum absolute atomic E-state index is 13.7. The molecule has 37 heavy (non-hydrogen) atoms. The van der Waals surface area contributed by atoms with Crippen LogP contribution in [0.1, 0.15) is 53.1 Å². The zero-order valence-electron chi connectivity index (χ0n) is 22.2. The van der Waals surface area contributed by atoms with Crippen molar-refractivity contribution in [2.24, 2.45) is 11.0 Å². The normalized spacial score (nSPS) is 18.6. The largest absolute Gasteiger partial charge is 0.497 e. The molecule has 2 aliphatic rings. The topological polar surface area (TPSA) is 45.1 Å². The number of piperidine rings is 1. The Bertz CT molecular complexity index is 1260. The number of hydrogen-bond donors (Lipinski definition) is 0. The van der Waals surface area contributed by atoms with Crippen molar-refractivity contribution in [3.8, 4) is 5.75 Å². The van der Waals surface area contributed by atoms with E-state index in [1.54, 1.807) is 12.1 Å². The van der Waals surface area contributed by atoms with Gasteiger partial charge in [0.2, 0.25) is 0 Å². The van der Waals surface area contributed by atoms with Crippen LogP contribution in [0.3, 0.4) is 0 Å². The van der Waals surface area contributed by atoms with Gasteiger partial charge in [0.15, 0.2) is 0 Å². The van der Waals surface area contributed by atoms with Gasteiger partial charge in [-0.05, 0) is 87.0 Å². The summed E-state index contributed by atoms with van der Waals surface area (Å²) in [7, 11) is 1.68. The zero-order valence-corrected chi connectivity index (χ0v) is 22.2. The summed E-state index contributed by atoms with van der Waals surface area (Å²) in [6, 6.07) is 25.1. The zero-order chi connectivity index (χ0) is 25.8. The highest BCUT2D eigenvalue weighted by Crippen LogP contribution is 2.35. The van der Waals surface area contributed by atoms with Gasteiger partial charge < -0.3 is 4.74 Å². The first-order valence-electron chi connectivity index (χ1n) is 13.4. The average molecular weight is 496 g/mol. The first-order valence-corrected chi connectivity index (χ1v) is 13.4. The SMILES string of the molecule is COc1cccc(C2CC(c3cc(C)ccc3C)=NN2C(=O)CN2CCC(Cc3ccccc3)CC2)c1. The van der Waals surface area contributed by atoms with E-state index in [1.807, 2.05) is 18.2 Å². The Kier molecular flexibility index (Phi) is 7.71. The van der Waals surface area contributed by atoms with E-state index in [-0.39, 0.29) is 11.9 Å². The second-order valence-electron chi connectivity index (χ2n) is 10.5. The number of rotatable bonds is 7. The number of hydrogen-bond acceptors (Lipinski definition) is 4. The van der Waals surface area contributed by atoms with Gasteiger partial charge in [0, 0.05) is 12.0 Å². The third-order valence-corrected chi connectivity index (χ3v) is 7.78. The fourth-order valence-corrected chi connectivity index (χ4v) is 5.62. The molecule has 5 heteroatoms. The molecule has 5 nitrogen and oxygen atoms in total. The Morgan fingerprint density at radius 3 is 2.51 bits per heavy atom. The third-order valence-electron chi connectivity index (χ3n) is 7.78.